The molecule has 0 radical (unpaired) electrons. The molecule has 134 valence electrons. The molecule has 1 aromatic heterocycles. The number of halogens is 2. The topological polar surface area (TPSA) is 54.9 Å². The molecule has 0 amide bonds. The van der Waals surface area contributed by atoms with Gasteiger partial charge in [0.1, 0.15) is 11.6 Å². The molecule has 2 aromatic rings. The highest BCUT2D eigenvalue weighted by molar-refractivity contribution is 8.02. The van der Waals surface area contributed by atoms with Crippen LogP contribution >= 0.6 is 23.1 Å². The number of benzene rings is 1. The fourth-order valence-electron chi connectivity index (χ4n) is 2.85. The molecule has 1 fully saturated rings. The van der Waals surface area contributed by atoms with Gasteiger partial charge in [-0.05, 0) is 38.0 Å². The number of aromatic nitrogens is 2. The Morgan fingerprint density at radius 2 is 2.04 bits per heavy atom. The van der Waals surface area contributed by atoms with Crippen molar-refractivity contribution in [1.29, 1.82) is 0 Å². The normalized spacial score (nSPS) is 16.6. The zero-order valence-corrected chi connectivity index (χ0v) is 15.4. The molecular formula is C17H19F2N3OS2. The summed E-state index contributed by atoms with van der Waals surface area (Å²) >= 11 is 2.59. The molecular weight excluding hydrogens is 364 g/mol. The monoisotopic (exact) mass is 383 g/mol. The zero-order valence-electron chi connectivity index (χ0n) is 13.8. The summed E-state index contributed by atoms with van der Waals surface area (Å²) in [5.41, 5.74) is -0.231. The highest BCUT2D eigenvalue weighted by Crippen LogP contribution is 2.32. The minimum atomic E-state index is -0.712. The molecule has 1 unspecified atom stereocenters. The lowest BCUT2D eigenvalue weighted by molar-refractivity contribution is 0.0989. The fraction of sp³-hybridized carbons (Fsp3) is 0.471. The largest absolute Gasteiger partial charge is 0.357 e. The van der Waals surface area contributed by atoms with Crippen LogP contribution in [0, 0.1) is 11.6 Å². The summed E-state index contributed by atoms with van der Waals surface area (Å²) in [4.78, 5) is 12.4. The molecule has 1 aliphatic carbocycles. The number of anilines is 1. The summed E-state index contributed by atoms with van der Waals surface area (Å²) in [6.07, 6.45) is 6.00. The van der Waals surface area contributed by atoms with Gasteiger partial charge in [0.05, 0.1) is 10.8 Å². The number of hydrogen-bond acceptors (Lipinski definition) is 6. The summed E-state index contributed by atoms with van der Waals surface area (Å²) in [6.45, 7) is 1.66. The molecule has 4 nitrogen and oxygen atoms in total. The second-order valence-electron chi connectivity index (χ2n) is 6.10. The molecule has 0 aliphatic heterocycles. The highest BCUT2D eigenvalue weighted by Gasteiger charge is 2.22. The van der Waals surface area contributed by atoms with Crippen molar-refractivity contribution < 1.29 is 13.6 Å². The van der Waals surface area contributed by atoms with Gasteiger partial charge < -0.3 is 5.32 Å². The summed E-state index contributed by atoms with van der Waals surface area (Å²) in [5, 5.41) is 11.8. The van der Waals surface area contributed by atoms with E-state index in [-0.39, 0.29) is 5.56 Å². The molecule has 25 heavy (non-hydrogen) atoms. The summed E-state index contributed by atoms with van der Waals surface area (Å²) in [5.74, 6) is -1.80. The van der Waals surface area contributed by atoms with Gasteiger partial charge >= 0.3 is 0 Å². The minimum absolute atomic E-state index is 0.231. The van der Waals surface area contributed by atoms with Crippen molar-refractivity contribution in [3.63, 3.8) is 0 Å². The lowest BCUT2D eigenvalue weighted by Crippen LogP contribution is -2.21. The van der Waals surface area contributed by atoms with Gasteiger partial charge in [0.2, 0.25) is 5.13 Å². The lowest BCUT2D eigenvalue weighted by atomic mass is 9.96. The van der Waals surface area contributed by atoms with Crippen LogP contribution in [-0.4, -0.2) is 27.3 Å². The average molecular weight is 383 g/mol. The number of thioether (sulfide) groups is 1. The highest BCUT2D eigenvalue weighted by atomic mass is 32.2. The maximum absolute atomic E-state index is 13.8. The lowest BCUT2D eigenvalue weighted by Gasteiger charge is -2.21. The molecule has 0 saturated heterocycles. The number of carbonyl (C=O) groups excluding carboxylic acids is 1. The number of hydrogen-bond donors (Lipinski definition) is 1. The number of ketones is 1. The van der Waals surface area contributed by atoms with E-state index in [9.17, 15) is 13.6 Å². The molecule has 3 rings (SSSR count). The van der Waals surface area contributed by atoms with E-state index < -0.39 is 22.7 Å². The van der Waals surface area contributed by atoms with Crippen molar-refractivity contribution >= 4 is 34.0 Å². The Morgan fingerprint density at radius 1 is 1.28 bits per heavy atom. The summed E-state index contributed by atoms with van der Waals surface area (Å²) < 4.78 is 27.7. The molecule has 0 bridgehead atoms. The summed E-state index contributed by atoms with van der Waals surface area (Å²) in [7, 11) is 0. The van der Waals surface area contributed by atoms with Crippen LogP contribution in [0.1, 0.15) is 49.4 Å². The van der Waals surface area contributed by atoms with Crippen molar-refractivity contribution in [1.82, 2.24) is 10.2 Å². The standard InChI is InChI=1S/C17H19F2N3OS2/c1-10(15(23)13-9-11(18)7-8-14(13)19)24-17-22-21-16(25-17)20-12-5-3-2-4-6-12/h7-10,12H,2-6H2,1H3,(H,20,21). The molecule has 1 aromatic carbocycles. The number of Topliss-reactive ketones (excluding diaryl/α,β-unsaturated/α-hetero) is 1. The Bertz CT molecular complexity index is 747. The van der Waals surface area contributed by atoms with Gasteiger partial charge in [0.25, 0.3) is 0 Å². The third-order valence-electron chi connectivity index (χ3n) is 4.18. The van der Waals surface area contributed by atoms with Gasteiger partial charge in [-0.25, -0.2) is 8.78 Å². The van der Waals surface area contributed by atoms with Crippen LogP contribution in [0.15, 0.2) is 22.5 Å². The van der Waals surface area contributed by atoms with Gasteiger partial charge in [-0.15, -0.1) is 10.2 Å². The first-order valence-corrected chi connectivity index (χ1v) is 9.98. The fourth-order valence-corrected chi connectivity index (χ4v) is 4.89. The molecule has 1 heterocycles. The molecule has 0 spiro atoms. The van der Waals surface area contributed by atoms with E-state index in [1.54, 1.807) is 6.92 Å². The zero-order chi connectivity index (χ0) is 17.8. The van der Waals surface area contributed by atoms with Crippen LogP contribution < -0.4 is 5.32 Å². The molecule has 1 N–H and O–H groups in total. The van der Waals surface area contributed by atoms with Crippen LogP contribution in [0.3, 0.4) is 0 Å². The van der Waals surface area contributed by atoms with Crippen LogP contribution in [0.25, 0.3) is 0 Å². The SMILES string of the molecule is CC(Sc1nnc(NC2CCCCC2)s1)C(=O)c1cc(F)ccc1F. The van der Waals surface area contributed by atoms with Crippen LogP contribution in [0.2, 0.25) is 0 Å². The van der Waals surface area contributed by atoms with Gasteiger partial charge in [-0.1, -0.05) is 42.4 Å². The molecule has 1 aliphatic rings. The number of nitrogens with zero attached hydrogens (tertiary/aromatic N) is 2. The first-order valence-electron chi connectivity index (χ1n) is 8.29. The number of carbonyl (C=O) groups is 1. The van der Waals surface area contributed by atoms with Gasteiger partial charge in [0, 0.05) is 6.04 Å². The van der Waals surface area contributed by atoms with E-state index in [4.69, 9.17) is 0 Å². The van der Waals surface area contributed by atoms with Crippen LogP contribution in [0.4, 0.5) is 13.9 Å². The van der Waals surface area contributed by atoms with E-state index in [1.807, 2.05) is 0 Å². The predicted molar refractivity (Wildman–Crippen MR) is 96.4 cm³/mol. The Hall–Kier alpha value is -1.54. The van der Waals surface area contributed by atoms with Crippen molar-refractivity contribution in [3.8, 4) is 0 Å². The second-order valence-corrected chi connectivity index (χ2v) is 8.67. The van der Waals surface area contributed by atoms with E-state index in [1.165, 1.54) is 42.4 Å². The smallest absolute Gasteiger partial charge is 0.206 e. The molecule has 1 saturated carbocycles. The van der Waals surface area contributed by atoms with E-state index >= 15 is 0 Å². The first-order chi connectivity index (χ1) is 12.0. The Labute approximate surface area is 153 Å². The Balaban J connectivity index is 1.61. The van der Waals surface area contributed by atoms with Crippen molar-refractivity contribution in [2.75, 3.05) is 5.32 Å². The average Bonchev–Trinajstić information content (AvgIpc) is 3.04. The van der Waals surface area contributed by atoms with Crippen LogP contribution in [0.5, 0.6) is 0 Å². The second kappa shape index (κ2) is 8.23. The maximum Gasteiger partial charge on any atom is 0.206 e. The Kier molecular flexibility index (Phi) is 6.01. The summed E-state index contributed by atoms with van der Waals surface area (Å²) in [6, 6.07) is 3.33. The van der Waals surface area contributed by atoms with Crippen molar-refractivity contribution in [2.24, 2.45) is 0 Å². The van der Waals surface area contributed by atoms with Crippen molar-refractivity contribution in [3.05, 3.63) is 35.4 Å². The molecule has 1 atom stereocenters. The van der Waals surface area contributed by atoms with E-state index in [0.717, 1.165) is 36.2 Å². The third-order valence-corrected chi connectivity index (χ3v) is 6.22. The number of nitrogens with one attached hydrogen (secondary N) is 1. The Morgan fingerprint density at radius 3 is 2.80 bits per heavy atom. The van der Waals surface area contributed by atoms with E-state index in [2.05, 4.69) is 15.5 Å². The van der Waals surface area contributed by atoms with Crippen LogP contribution in [-0.2, 0) is 0 Å². The van der Waals surface area contributed by atoms with E-state index in [0.29, 0.717) is 10.4 Å². The number of rotatable bonds is 6. The maximum atomic E-state index is 13.8. The quantitative estimate of drug-likeness (QED) is 0.566. The van der Waals surface area contributed by atoms with Crippen molar-refractivity contribution in [2.45, 2.75) is 54.7 Å². The first kappa shape index (κ1) is 18.3. The third kappa shape index (κ3) is 4.76. The van der Waals surface area contributed by atoms with Gasteiger partial charge in [-0.3, -0.25) is 4.79 Å². The molecule has 8 heteroatoms. The minimum Gasteiger partial charge on any atom is -0.357 e. The van der Waals surface area contributed by atoms with Gasteiger partial charge in [0.15, 0.2) is 10.1 Å². The predicted octanol–water partition coefficient (Wildman–Crippen LogP) is 4.92. The van der Waals surface area contributed by atoms with Gasteiger partial charge in [-0.2, -0.15) is 0 Å².